The molecule has 2 aromatic carbocycles. The van der Waals surface area contributed by atoms with Gasteiger partial charge in [0.15, 0.2) is 0 Å². The van der Waals surface area contributed by atoms with E-state index in [1.807, 2.05) is 62.5 Å². The third-order valence-electron chi connectivity index (χ3n) is 2.68. The van der Waals surface area contributed by atoms with E-state index in [1.54, 1.807) is 6.07 Å². The standard InChI is InChI=1S/C16H17NO/c1-12(2)17-11-5-6-13-9-10-16(18)15-8-4-3-7-14(13)15/h3-12,18H,1-2H3/b6-5+,17-11?. The number of phenolic OH excluding ortho intramolecular Hbond substituents is 1. The summed E-state index contributed by atoms with van der Waals surface area (Å²) in [5.74, 6) is 0.318. The van der Waals surface area contributed by atoms with Gasteiger partial charge in [-0.05, 0) is 36.9 Å². The Bertz CT molecular complexity index is 597. The molecule has 0 radical (unpaired) electrons. The number of allylic oxidation sites excluding steroid dienone is 1. The van der Waals surface area contributed by atoms with E-state index in [-0.39, 0.29) is 0 Å². The van der Waals surface area contributed by atoms with Crippen LogP contribution in [0.3, 0.4) is 0 Å². The molecule has 0 aromatic heterocycles. The van der Waals surface area contributed by atoms with E-state index < -0.39 is 0 Å². The van der Waals surface area contributed by atoms with Gasteiger partial charge >= 0.3 is 0 Å². The van der Waals surface area contributed by atoms with Crippen LogP contribution in [0.15, 0.2) is 47.5 Å². The highest BCUT2D eigenvalue weighted by Crippen LogP contribution is 2.27. The molecule has 2 aromatic rings. The van der Waals surface area contributed by atoms with Gasteiger partial charge in [0, 0.05) is 17.6 Å². The van der Waals surface area contributed by atoms with Crippen molar-refractivity contribution in [1.29, 1.82) is 0 Å². The maximum atomic E-state index is 9.79. The van der Waals surface area contributed by atoms with Crippen molar-refractivity contribution < 1.29 is 5.11 Å². The van der Waals surface area contributed by atoms with Crippen LogP contribution in [0.2, 0.25) is 0 Å². The number of aromatic hydroxyl groups is 1. The largest absolute Gasteiger partial charge is 0.507 e. The van der Waals surface area contributed by atoms with Gasteiger partial charge in [0.25, 0.3) is 0 Å². The maximum absolute atomic E-state index is 9.79. The minimum atomic E-state index is 0.311. The van der Waals surface area contributed by atoms with Crippen LogP contribution in [-0.2, 0) is 0 Å². The normalized spacial score (nSPS) is 12.2. The van der Waals surface area contributed by atoms with Gasteiger partial charge < -0.3 is 5.11 Å². The summed E-state index contributed by atoms with van der Waals surface area (Å²) in [6, 6.07) is 11.8. The fourth-order valence-corrected chi connectivity index (χ4v) is 1.82. The SMILES string of the molecule is CC(C)N=C/C=C/c1ccc(O)c2ccccc12. The van der Waals surface area contributed by atoms with E-state index in [0.29, 0.717) is 11.8 Å². The molecule has 0 bridgehead atoms. The molecule has 92 valence electrons. The molecule has 0 saturated heterocycles. The molecule has 0 aliphatic heterocycles. The summed E-state index contributed by atoms with van der Waals surface area (Å²) in [6.07, 6.45) is 5.75. The highest BCUT2D eigenvalue weighted by atomic mass is 16.3. The van der Waals surface area contributed by atoms with Crippen LogP contribution in [0.5, 0.6) is 5.75 Å². The second-order valence-electron chi connectivity index (χ2n) is 4.47. The number of phenols is 1. The van der Waals surface area contributed by atoms with Gasteiger partial charge in [0.1, 0.15) is 5.75 Å². The summed E-state index contributed by atoms with van der Waals surface area (Å²) in [6.45, 7) is 4.08. The van der Waals surface area contributed by atoms with Crippen molar-refractivity contribution in [1.82, 2.24) is 0 Å². The van der Waals surface area contributed by atoms with Crippen molar-refractivity contribution >= 4 is 23.1 Å². The molecule has 18 heavy (non-hydrogen) atoms. The second-order valence-corrected chi connectivity index (χ2v) is 4.47. The molecule has 2 heteroatoms. The Morgan fingerprint density at radius 3 is 2.50 bits per heavy atom. The summed E-state index contributed by atoms with van der Waals surface area (Å²) in [5, 5.41) is 11.7. The quantitative estimate of drug-likeness (QED) is 0.805. The minimum Gasteiger partial charge on any atom is -0.507 e. The number of nitrogens with zero attached hydrogens (tertiary/aromatic N) is 1. The van der Waals surface area contributed by atoms with Gasteiger partial charge in [-0.2, -0.15) is 0 Å². The Hall–Kier alpha value is -2.09. The molecule has 0 heterocycles. The molecular weight excluding hydrogens is 222 g/mol. The highest BCUT2D eigenvalue weighted by molar-refractivity contribution is 5.96. The molecule has 0 spiro atoms. The van der Waals surface area contributed by atoms with Crippen LogP contribution < -0.4 is 0 Å². The first kappa shape index (κ1) is 12.4. The number of hydrogen-bond donors (Lipinski definition) is 1. The molecule has 0 aliphatic carbocycles. The van der Waals surface area contributed by atoms with Gasteiger partial charge in [-0.1, -0.05) is 36.4 Å². The van der Waals surface area contributed by atoms with E-state index in [9.17, 15) is 5.11 Å². The van der Waals surface area contributed by atoms with Crippen molar-refractivity contribution in [3.63, 3.8) is 0 Å². The highest BCUT2D eigenvalue weighted by Gasteiger charge is 2.01. The fraction of sp³-hybridized carbons (Fsp3) is 0.188. The third-order valence-corrected chi connectivity index (χ3v) is 2.68. The van der Waals surface area contributed by atoms with Crippen molar-refractivity contribution in [2.24, 2.45) is 4.99 Å². The summed E-state index contributed by atoms with van der Waals surface area (Å²) in [7, 11) is 0. The van der Waals surface area contributed by atoms with Crippen LogP contribution in [0.25, 0.3) is 16.8 Å². The zero-order valence-electron chi connectivity index (χ0n) is 10.7. The number of fused-ring (bicyclic) bond motifs is 1. The Morgan fingerprint density at radius 2 is 1.78 bits per heavy atom. The number of hydrogen-bond acceptors (Lipinski definition) is 2. The molecule has 0 saturated carbocycles. The van der Waals surface area contributed by atoms with E-state index in [4.69, 9.17) is 0 Å². The summed E-state index contributed by atoms with van der Waals surface area (Å²) in [4.78, 5) is 4.28. The van der Waals surface area contributed by atoms with Crippen LogP contribution in [0.4, 0.5) is 0 Å². The maximum Gasteiger partial charge on any atom is 0.123 e. The Kier molecular flexibility index (Phi) is 3.78. The average molecular weight is 239 g/mol. The Balaban J connectivity index is 2.37. The van der Waals surface area contributed by atoms with E-state index >= 15 is 0 Å². The first-order chi connectivity index (χ1) is 8.68. The predicted molar refractivity (Wildman–Crippen MR) is 78.3 cm³/mol. The smallest absolute Gasteiger partial charge is 0.123 e. The zero-order chi connectivity index (χ0) is 13.0. The molecule has 0 aliphatic rings. The molecule has 0 amide bonds. The molecule has 0 unspecified atom stereocenters. The van der Waals surface area contributed by atoms with Crippen LogP contribution >= 0.6 is 0 Å². The zero-order valence-corrected chi connectivity index (χ0v) is 10.7. The molecule has 1 N–H and O–H groups in total. The summed E-state index contributed by atoms with van der Waals surface area (Å²) in [5.41, 5.74) is 1.08. The Labute approximate surface area is 107 Å². The topological polar surface area (TPSA) is 32.6 Å². The molecule has 2 rings (SSSR count). The lowest BCUT2D eigenvalue weighted by Crippen LogP contribution is -1.86. The monoisotopic (exact) mass is 239 g/mol. The summed E-state index contributed by atoms with van der Waals surface area (Å²) < 4.78 is 0. The van der Waals surface area contributed by atoms with Crippen LogP contribution in [0.1, 0.15) is 19.4 Å². The van der Waals surface area contributed by atoms with E-state index in [0.717, 1.165) is 16.3 Å². The molecule has 2 nitrogen and oxygen atoms in total. The van der Waals surface area contributed by atoms with Crippen molar-refractivity contribution in [3.05, 3.63) is 48.0 Å². The van der Waals surface area contributed by atoms with Gasteiger partial charge in [-0.3, -0.25) is 4.99 Å². The summed E-state index contributed by atoms with van der Waals surface area (Å²) >= 11 is 0. The fourth-order valence-electron chi connectivity index (χ4n) is 1.82. The lowest BCUT2D eigenvalue weighted by atomic mass is 10.0. The Morgan fingerprint density at radius 1 is 1.06 bits per heavy atom. The van der Waals surface area contributed by atoms with Gasteiger partial charge in [-0.25, -0.2) is 0 Å². The van der Waals surface area contributed by atoms with Gasteiger partial charge in [0.2, 0.25) is 0 Å². The third kappa shape index (κ3) is 2.77. The lowest BCUT2D eigenvalue weighted by Gasteiger charge is -2.04. The predicted octanol–water partition coefficient (Wildman–Crippen LogP) is 4.04. The second kappa shape index (κ2) is 5.50. The number of aliphatic imine (C=N–C) groups is 1. The molecule has 0 fully saturated rings. The van der Waals surface area contributed by atoms with E-state index in [1.165, 1.54) is 0 Å². The first-order valence-corrected chi connectivity index (χ1v) is 6.09. The molecule has 0 atom stereocenters. The number of benzene rings is 2. The first-order valence-electron chi connectivity index (χ1n) is 6.09. The minimum absolute atomic E-state index is 0.311. The van der Waals surface area contributed by atoms with E-state index in [2.05, 4.69) is 4.99 Å². The van der Waals surface area contributed by atoms with Gasteiger partial charge in [0.05, 0.1) is 0 Å². The van der Waals surface area contributed by atoms with Crippen LogP contribution in [0, 0.1) is 0 Å². The number of rotatable bonds is 3. The average Bonchev–Trinajstić information content (AvgIpc) is 2.37. The lowest BCUT2D eigenvalue weighted by molar-refractivity contribution is 0.481. The molecular formula is C16H17NO. The van der Waals surface area contributed by atoms with Crippen LogP contribution in [-0.4, -0.2) is 17.4 Å². The van der Waals surface area contributed by atoms with Crippen molar-refractivity contribution in [2.75, 3.05) is 0 Å². The van der Waals surface area contributed by atoms with Crippen molar-refractivity contribution in [2.45, 2.75) is 19.9 Å². The van der Waals surface area contributed by atoms with Gasteiger partial charge in [-0.15, -0.1) is 0 Å². The van der Waals surface area contributed by atoms with Crippen molar-refractivity contribution in [3.8, 4) is 5.75 Å².